The Morgan fingerprint density at radius 2 is 2.11 bits per heavy atom. The van der Waals surface area contributed by atoms with Gasteiger partial charge < -0.3 is 0 Å². The third-order valence-electron chi connectivity index (χ3n) is 3.10. The maximum atomic E-state index is 12.1. The molecule has 1 aliphatic carbocycles. The van der Waals surface area contributed by atoms with Crippen LogP contribution >= 0.6 is 23.2 Å². The number of aromatic nitrogens is 1. The Morgan fingerprint density at radius 3 is 2.67 bits per heavy atom. The van der Waals surface area contributed by atoms with E-state index in [4.69, 9.17) is 23.2 Å². The number of hydrogen-bond donors (Lipinski definition) is 1. The van der Waals surface area contributed by atoms with Crippen LogP contribution in [0.15, 0.2) is 17.2 Å². The van der Waals surface area contributed by atoms with Gasteiger partial charge in [-0.05, 0) is 31.2 Å². The van der Waals surface area contributed by atoms with Crippen molar-refractivity contribution in [2.45, 2.75) is 37.1 Å². The van der Waals surface area contributed by atoms with Crippen LogP contribution in [0, 0.1) is 5.92 Å². The lowest BCUT2D eigenvalue weighted by Crippen LogP contribution is -2.33. The minimum absolute atomic E-state index is 0.000506. The predicted octanol–water partition coefficient (Wildman–Crippen LogP) is 2.86. The minimum atomic E-state index is -3.56. The lowest BCUT2D eigenvalue weighted by atomic mass is 10.1. The molecule has 7 heteroatoms. The minimum Gasteiger partial charge on any atom is -0.242 e. The second-order valence-corrected chi connectivity index (χ2v) is 7.16. The highest BCUT2D eigenvalue weighted by Crippen LogP contribution is 2.27. The monoisotopic (exact) mass is 308 g/mol. The van der Waals surface area contributed by atoms with Crippen LogP contribution in [0.1, 0.15) is 26.2 Å². The molecule has 0 bridgehead atoms. The Hall–Kier alpha value is -0.360. The second kappa shape index (κ2) is 5.33. The summed E-state index contributed by atoms with van der Waals surface area (Å²) in [5.74, 6) is 0.560. The van der Waals surface area contributed by atoms with Gasteiger partial charge in [0.25, 0.3) is 0 Å². The lowest BCUT2D eigenvalue weighted by molar-refractivity contribution is 0.538. The Kier molecular flexibility index (Phi) is 4.16. The molecular weight excluding hydrogens is 295 g/mol. The van der Waals surface area contributed by atoms with E-state index < -0.39 is 10.0 Å². The molecule has 1 heterocycles. The summed E-state index contributed by atoms with van der Waals surface area (Å²) in [6.07, 6.45) is 4.00. The van der Waals surface area contributed by atoms with Crippen LogP contribution in [0.25, 0.3) is 0 Å². The fourth-order valence-electron chi connectivity index (χ4n) is 2.15. The molecule has 1 fully saturated rings. The van der Waals surface area contributed by atoms with Crippen LogP contribution in [0.5, 0.6) is 0 Å². The van der Waals surface area contributed by atoms with E-state index in [0.29, 0.717) is 5.92 Å². The molecule has 4 nitrogen and oxygen atoms in total. The fourth-order valence-corrected chi connectivity index (χ4v) is 3.74. The van der Waals surface area contributed by atoms with Crippen molar-refractivity contribution in [3.63, 3.8) is 0 Å². The zero-order chi connectivity index (χ0) is 13.3. The lowest BCUT2D eigenvalue weighted by Gasteiger charge is -2.13. The smallest absolute Gasteiger partial charge is 0.242 e. The van der Waals surface area contributed by atoms with E-state index in [1.807, 2.05) is 0 Å². The largest absolute Gasteiger partial charge is 0.242 e. The summed E-state index contributed by atoms with van der Waals surface area (Å²) in [5, 5.41) is 0.240. The summed E-state index contributed by atoms with van der Waals surface area (Å²) in [7, 11) is -3.56. The first-order valence-electron chi connectivity index (χ1n) is 5.72. The van der Waals surface area contributed by atoms with Gasteiger partial charge in [-0.1, -0.05) is 30.1 Å². The van der Waals surface area contributed by atoms with E-state index in [9.17, 15) is 8.42 Å². The third kappa shape index (κ3) is 3.15. The Morgan fingerprint density at radius 1 is 1.39 bits per heavy atom. The zero-order valence-electron chi connectivity index (χ0n) is 9.86. The van der Waals surface area contributed by atoms with Crippen LogP contribution in [-0.4, -0.2) is 19.4 Å². The van der Waals surface area contributed by atoms with Gasteiger partial charge in [0.15, 0.2) is 0 Å². The van der Waals surface area contributed by atoms with E-state index in [-0.39, 0.29) is 21.1 Å². The second-order valence-electron chi connectivity index (χ2n) is 4.68. The molecule has 0 amide bonds. The van der Waals surface area contributed by atoms with E-state index in [0.717, 1.165) is 19.3 Å². The topological polar surface area (TPSA) is 59.1 Å². The SMILES string of the molecule is CC1CCC(NS(=O)(=O)c2cnc(Cl)c(Cl)c2)C1. The molecule has 2 rings (SSSR count). The van der Waals surface area contributed by atoms with Crippen LogP contribution < -0.4 is 4.72 Å². The van der Waals surface area contributed by atoms with Crippen molar-refractivity contribution in [1.29, 1.82) is 0 Å². The molecule has 1 aromatic rings. The van der Waals surface area contributed by atoms with E-state index >= 15 is 0 Å². The summed E-state index contributed by atoms with van der Waals surface area (Å²) in [4.78, 5) is 3.80. The molecule has 1 N–H and O–H groups in total. The van der Waals surface area contributed by atoms with Crippen molar-refractivity contribution < 1.29 is 8.42 Å². The number of halogens is 2. The van der Waals surface area contributed by atoms with Gasteiger partial charge in [0.05, 0.1) is 5.02 Å². The molecule has 18 heavy (non-hydrogen) atoms. The first-order chi connectivity index (χ1) is 8.38. The molecule has 0 aromatic carbocycles. The predicted molar refractivity (Wildman–Crippen MR) is 71.4 cm³/mol. The first-order valence-corrected chi connectivity index (χ1v) is 7.96. The number of rotatable bonds is 3. The number of nitrogens with one attached hydrogen (secondary N) is 1. The summed E-state index contributed by atoms with van der Waals surface area (Å²) in [6.45, 7) is 2.12. The normalized spacial score (nSPS) is 24.4. The van der Waals surface area contributed by atoms with Gasteiger partial charge in [-0.15, -0.1) is 0 Å². The van der Waals surface area contributed by atoms with Gasteiger partial charge in [0.2, 0.25) is 10.0 Å². The number of sulfonamides is 1. The average Bonchev–Trinajstić information content (AvgIpc) is 2.67. The van der Waals surface area contributed by atoms with Crippen molar-refractivity contribution in [3.05, 3.63) is 22.4 Å². The Bertz CT molecular complexity index is 548. The summed E-state index contributed by atoms with van der Waals surface area (Å²) in [5.41, 5.74) is 0. The summed E-state index contributed by atoms with van der Waals surface area (Å²) in [6, 6.07) is 1.32. The van der Waals surface area contributed by atoms with Gasteiger partial charge >= 0.3 is 0 Å². The van der Waals surface area contributed by atoms with Gasteiger partial charge in [0.1, 0.15) is 10.0 Å². The summed E-state index contributed by atoms with van der Waals surface area (Å²) < 4.78 is 26.9. The van der Waals surface area contributed by atoms with E-state index in [1.165, 1.54) is 12.3 Å². The molecule has 0 saturated heterocycles. The van der Waals surface area contributed by atoms with Crippen LogP contribution in [0.4, 0.5) is 0 Å². The molecule has 100 valence electrons. The number of pyridine rings is 1. The molecule has 1 aromatic heterocycles. The zero-order valence-corrected chi connectivity index (χ0v) is 12.2. The maximum absolute atomic E-state index is 12.1. The van der Waals surface area contributed by atoms with E-state index in [1.54, 1.807) is 0 Å². The van der Waals surface area contributed by atoms with Crippen molar-refractivity contribution in [2.24, 2.45) is 5.92 Å². The number of hydrogen-bond acceptors (Lipinski definition) is 3. The summed E-state index contributed by atoms with van der Waals surface area (Å²) >= 11 is 11.4. The Labute approximate surface area is 117 Å². The highest BCUT2D eigenvalue weighted by Gasteiger charge is 2.26. The van der Waals surface area contributed by atoms with Crippen LogP contribution in [-0.2, 0) is 10.0 Å². The van der Waals surface area contributed by atoms with Crippen molar-refractivity contribution in [3.8, 4) is 0 Å². The molecule has 0 radical (unpaired) electrons. The van der Waals surface area contributed by atoms with Crippen LogP contribution in [0.2, 0.25) is 10.2 Å². The fraction of sp³-hybridized carbons (Fsp3) is 0.545. The van der Waals surface area contributed by atoms with E-state index in [2.05, 4.69) is 16.6 Å². The first kappa shape index (κ1) is 14.1. The van der Waals surface area contributed by atoms with Crippen LogP contribution in [0.3, 0.4) is 0 Å². The maximum Gasteiger partial charge on any atom is 0.242 e. The Balaban J connectivity index is 2.17. The molecular formula is C11H14Cl2N2O2S. The van der Waals surface area contributed by atoms with Gasteiger partial charge in [0, 0.05) is 12.2 Å². The molecule has 2 atom stereocenters. The molecule has 0 spiro atoms. The average molecular weight is 309 g/mol. The molecule has 2 unspecified atom stereocenters. The van der Waals surface area contributed by atoms with Gasteiger partial charge in [-0.2, -0.15) is 0 Å². The standard InChI is InChI=1S/C11H14Cl2N2O2S/c1-7-2-3-8(4-7)15-18(16,17)9-5-10(12)11(13)14-6-9/h5-8,15H,2-4H2,1H3. The van der Waals surface area contributed by atoms with Crippen molar-refractivity contribution >= 4 is 33.2 Å². The highest BCUT2D eigenvalue weighted by molar-refractivity contribution is 7.89. The van der Waals surface area contributed by atoms with Gasteiger partial charge in [-0.25, -0.2) is 18.1 Å². The quantitative estimate of drug-likeness (QED) is 0.873. The molecule has 0 aliphatic heterocycles. The highest BCUT2D eigenvalue weighted by atomic mass is 35.5. The third-order valence-corrected chi connectivity index (χ3v) is 5.27. The number of nitrogens with zero attached hydrogens (tertiary/aromatic N) is 1. The van der Waals surface area contributed by atoms with Gasteiger partial charge in [-0.3, -0.25) is 0 Å². The molecule has 1 aliphatic rings. The van der Waals surface area contributed by atoms with Crippen molar-refractivity contribution in [2.75, 3.05) is 0 Å². The van der Waals surface area contributed by atoms with Crippen molar-refractivity contribution in [1.82, 2.24) is 9.71 Å². The molecule has 1 saturated carbocycles.